The number of rotatable bonds is 6. The highest BCUT2D eigenvalue weighted by atomic mass is 35.5. The summed E-state index contributed by atoms with van der Waals surface area (Å²) >= 11 is 18.1. The number of ether oxygens (including phenoxy) is 2. The van der Waals surface area contributed by atoms with Crippen molar-refractivity contribution in [1.29, 1.82) is 0 Å². The molecule has 2 aromatic rings. The molecule has 22 heavy (non-hydrogen) atoms. The molecule has 0 radical (unpaired) electrons. The van der Waals surface area contributed by atoms with Crippen molar-refractivity contribution in [3.63, 3.8) is 0 Å². The summed E-state index contributed by atoms with van der Waals surface area (Å²) in [6.45, 7) is 0.997. The maximum atomic E-state index is 6.25. The van der Waals surface area contributed by atoms with Gasteiger partial charge in [-0.15, -0.1) is 0 Å². The smallest absolute Gasteiger partial charge is 0.163 e. The number of hydrogen-bond acceptors (Lipinski definition) is 3. The second-order valence-corrected chi connectivity index (χ2v) is 5.88. The molecule has 0 aliphatic carbocycles. The molecular weight excluding hydrogens is 345 g/mol. The van der Waals surface area contributed by atoms with Gasteiger partial charge in [0.2, 0.25) is 0 Å². The summed E-state index contributed by atoms with van der Waals surface area (Å²) in [5, 5.41) is 4.69. The van der Waals surface area contributed by atoms with E-state index in [1.165, 1.54) is 0 Å². The molecule has 0 aliphatic rings. The maximum absolute atomic E-state index is 6.25. The second-order valence-electron chi connectivity index (χ2n) is 4.66. The SMILES string of the molecule is CNCc1cc(OC)c(OCc2ccc(Cl)c(Cl)c2)cc1Cl. The van der Waals surface area contributed by atoms with Crippen molar-refractivity contribution in [2.75, 3.05) is 14.2 Å². The van der Waals surface area contributed by atoms with Crippen LogP contribution in [-0.4, -0.2) is 14.2 Å². The third-order valence-corrected chi connectivity index (χ3v) is 4.17. The van der Waals surface area contributed by atoms with Gasteiger partial charge in [0.15, 0.2) is 11.5 Å². The van der Waals surface area contributed by atoms with Gasteiger partial charge in [0.1, 0.15) is 6.61 Å². The Hall–Kier alpha value is -1.13. The fourth-order valence-electron chi connectivity index (χ4n) is 1.97. The summed E-state index contributed by atoms with van der Waals surface area (Å²) < 4.78 is 11.2. The maximum Gasteiger partial charge on any atom is 0.163 e. The molecule has 0 aliphatic heterocycles. The second kappa shape index (κ2) is 7.93. The standard InChI is InChI=1S/C16H16Cl3NO2/c1-20-8-11-6-15(21-2)16(7-13(11)18)22-9-10-3-4-12(17)14(19)5-10/h3-7,20H,8-9H2,1-2H3. The Bertz CT molecular complexity index is 662. The number of halogens is 3. The summed E-state index contributed by atoms with van der Waals surface area (Å²) in [4.78, 5) is 0. The van der Waals surface area contributed by atoms with Crippen LogP contribution in [0.5, 0.6) is 11.5 Å². The number of hydrogen-bond donors (Lipinski definition) is 1. The summed E-state index contributed by atoms with van der Waals surface area (Å²) in [5.74, 6) is 1.22. The van der Waals surface area contributed by atoms with E-state index >= 15 is 0 Å². The van der Waals surface area contributed by atoms with E-state index in [9.17, 15) is 0 Å². The number of methoxy groups -OCH3 is 1. The Balaban J connectivity index is 2.18. The zero-order chi connectivity index (χ0) is 16.1. The zero-order valence-corrected chi connectivity index (χ0v) is 14.5. The lowest BCUT2D eigenvalue weighted by Crippen LogP contribution is -2.06. The Morgan fingerprint density at radius 1 is 0.955 bits per heavy atom. The van der Waals surface area contributed by atoms with Gasteiger partial charge in [-0.1, -0.05) is 40.9 Å². The van der Waals surface area contributed by atoms with E-state index in [1.807, 2.05) is 19.2 Å². The zero-order valence-electron chi connectivity index (χ0n) is 12.3. The van der Waals surface area contributed by atoms with Crippen molar-refractivity contribution in [1.82, 2.24) is 5.32 Å². The molecule has 0 bridgehead atoms. The molecule has 6 heteroatoms. The van der Waals surface area contributed by atoms with E-state index < -0.39 is 0 Å². The lowest BCUT2D eigenvalue weighted by Gasteiger charge is -2.14. The molecule has 1 N–H and O–H groups in total. The first-order valence-electron chi connectivity index (χ1n) is 6.63. The van der Waals surface area contributed by atoms with E-state index in [0.29, 0.717) is 39.7 Å². The fraction of sp³-hybridized carbons (Fsp3) is 0.250. The lowest BCUT2D eigenvalue weighted by atomic mass is 10.2. The van der Waals surface area contributed by atoms with Crippen LogP contribution in [0.4, 0.5) is 0 Å². The van der Waals surface area contributed by atoms with Crippen LogP contribution in [0.3, 0.4) is 0 Å². The largest absolute Gasteiger partial charge is 0.493 e. The molecule has 118 valence electrons. The van der Waals surface area contributed by atoms with Gasteiger partial charge in [-0.2, -0.15) is 0 Å². The first-order valence-corrected chi connectivity index (χ1v) is 7.76. The van der Waals surface area contributed by atoms with Gasteiger partial charge in [0.05, 0.1) is 17.2 Å². The van der Waals surface area contributed by atoms with Gasteiger partial charge in [0.25, 0.3) is 0 Å². The summed E-state index contributed by atoms with van der Waals surface area (Å²) in [5.41, 5.74) is 1.86. The Morgan fingerprint density at radius 2 is 1.73 bits per heavy atom. The quantitative estimate of drug-likeness (QED) is 0.790. The highest BCUT2D eigenvalue weighted by Gasteiger charge is 2.11. The van der Waals surface area contributed by atoms with Crippen molar-refractivity contribution in [3.8, 4) is 11.5 Å². The predicted molar refractivity (Wildman–Crippen MR) is 91.6 cm³/mol. The van der Waals surface area contributed by atoms with E-state index in [-0.39, 0.29) is 0 Å². The van der Waals surface area contributed by atoms with Crippen LogP contribution in [0.25, 0.3) is 0 Å². The van der Waals surface area contributed by atoms with Crippen LogP contribution in [0, 0.1) is 0 Å². The molecule has 0 saturated heterocycles. The molecule has 0 fully saturated rings. The van der Waals surface area contributed by atoms with Crippen LogP contribution >= 0.6 is 34.8 Å². The Morgan fingerprint density at radius 3 is 2.36 bits per heavy atom. The highest BCUT2D eigenvalue weighted by Crippen LogP contribution is 2.34. The van der Waals surface area contributed by atoms with Crippen molar-refractivity contribution in [2.45, 2.75) is 13.2 Å². The number of benzene rings is 2. The summed E-state index contributed by atoms with van der Waals surface area (Å²) in [7, 11) is 3.45. The molecular formula is C16H16Cl3NO2. The van der Waals surface area contributed by atoms with Crippen LogP contribution in [-0.2, 0) is 13.2 Å². The van der Waals surface area contributed by atoms with Crippen LogP contribution in [0.1, 0.15) is 11.1 Å². The molecule has 0 aromatic heterocycles. The predicted octanol–water partition coefficient (Wildman–Crippen LogP) is 4.95. The summed E-state index contributed by atoms with van der Waals surface area (Å²) in [6, 6.07) is 8.99. The molecule has 2 aromatic carbocycles. The molecule has 0 saturated carbocycles. The molecule has 0 atom stereocenters. The monoisotopic (exact) mass is 359 g/mol. The van der Waals surface area contributed by atoms with Crippen molar-refractivity contribution in [3.05, 3.63) is 56.5 Å². The van der Waals surface area contributed by atoms with Gasteiger partial charge in [0, 0.05) is 17.6 Å². The minimum absolute atomic E-state index is 0.342. The van der Waals surface area contributed by atoms with Gasteiger partial charge in [-0.3, -0.25) is 0 Å². The number of nitrogens with one attached hydrogen (secondary N) is 1. The van der Waals surface area contributed by atoms with Gasteiger partial charge >= 0.3 is 0 Å². The van der Waals surface area contributed by atoms with Crippen LogP contribution in [0.15, 0.2) is 30.3 Å². The third-order valence-electron chi connectivity index (χ3n) is 3.08. The minimum atomic E-state index is 0.342. The molecule has 0 spiro atoms. The first-order chi connectivity index (χ1) is 10.5. The molecule has 0 amide bonds. The van der Waals surface area contributed by atoms with Crippen molar-refractivity contribution in [2.24, 2.45) is 0 Å². The van der Waals surface area contributed by atoms with E-state index in [4.69, 9.17) is 44.3 Å². The third kappa shape index (κ3) is 4.20. The molecule has 0 heterocycles. The highest BCUT2D eigenvalue weighted by molar-refractivity contribution is 6.42. The first kappa shape index (κ1) is 17.2. The lowest BCUT2D eigenvalue weighted by molar-refractivity contribution is 0.284. The normalized spacial score (nSPS) is 10.6. The van der Waals surface area contributed by atoms with Crippen LogP contribution < -0.4 is 14.8 Å². The van der Waals surface area contributed by atoms with Crippen molar-refractivity contribution >= 4 is 34.8 Å². The summed E-state index contributed by atoms with van der Waals surface area (Å²) in [6.07, 6.45) is 0. The molecule has 3 nitrogen and oxygen atoms in total. The van der Waals surface area contributed by atoms with E-state index in [0.717, 1.165) is 11.1 Å². The Labute approximate surface area is 145 Å². The van der Waals surface area contributed by atoms with E-state index in [2.05, 4.69) is 5.32 Å². The Kier molecular flexibility index (Phi) is 6.21. The van der Waals surface area contributed by atoms with Gasteiger partial charge in [-0.05, 0) is 36.4 Å². The average Bonchev–Trinajstić information content (AvgIpc) is 2.50. The minimum Gasteiger partial charge on any atom is -0.493 e. The topological polar surface area (TPSA) is 30.5 Å². The fourth-order valence-corrected chi connectivity index (χ4v) is 2.51. The van der Waals surface area contributed by atoms with Gasteiger partial charge < -0.3 is 14.8 Å². The van der Waals surface area contributed by atoms with Gasteiger partial charge in [-0.25, -0.2) is 0 Å². The molecule has 0 unspecified atom stereocenters. The molecule has 2 rings (SSSR count). The van der Waals surface area contributed by atoms with Crippen molar-refractivity contribution < 1.29 is 9.47 Å². The van der Waals surface area contributed by atoms with E-state index in [1.54, 1.807) is 25.3 Å². The average molecular weight is 361 g/mol. The van der Waals surface area contributed by atoms with Crippen LogP contribution in [0.2, 0.25) is 15.1 Å².